The highest BCUT2D eigenvalue weighted by Gasteiger charge is 2.35. The largest absolute Gasteiger partial charge is 0.490 e. The van der Waals surface area contributed by atoms with Gasteiger partial charge in [0.15, 0.2) is 11.6 Å². The van der Waals surface area contributed by atoms with Crippen molar-refractivity contribution >= 4 is 18.3 Å². The van der Waals surface area contributed by atoms with E-state index in [1.54, 1.807) is 17.9 Å². The molecular weight excluding hydrogens is 343 g/mol. The molecule has 25 heavy (non-hydrogen) atoms. The van der Waals surface area contributed by atoms with Crippen molar-refractivity contribution < 1.29 is 13.9 Å². The third-order valence-corrected chi connectivity index (χ3v) is 4.37. The average Bonchev–Trinajstić information content (AvgIpc) is 2.99. The zero-order valence-electron chi connectivity index (χ0n) is 14.0. The molecule has 0 radical (unpaired) electrons. The van der Waals surface area contributed by atoms with Crippen molar-refractivity contribution in [2.45, 2.75) is 18.9 Å². The number of likely N-dealkylation sites (tertiary alicyclic amines) is 1. The zero-order chi connectivity index (χ0) is 17.1. The molecule has 0 spiro atoms. The molecule has 6 heteroatoms. The Morgan fingerprint density at radius 1 is 1.20 bits per heavy atom. The smallest absolute Gasteiger partial charge is 0.257 e. The number of hydrogen-bond acceptors (Lipinski definition) is 3. The van der Waals surface area contributed by atoms with Crippen LogP contribution in [0.15, 0.2) is 48.5 Å². The summed E-state index contributed by atoms with van der Waals surface area (Å²) in [6.07, 6.45) is 0. The van der Waals surface area contributed by atoms with Crippen molar-refractivity contribution in [1.82, 2.24) is 4.90 Å². The van der Waals surface area contributed by atoms with Gasteiger partial charge in [-0.25, -0.2) is 4.39 Å². The second-order valence-electron chi connectivity index (χ2n) is 5.94. The molecule has 3 rings (SSSR count). The lowest BCUT2D eigenvalue weighted by Crippen LogP contribution is -2.32. The summed E-state index contributed by atoms with van der Waals surface area (Å²) in [6.45, 7) is 3.03. The Labute approximate surface area is 153 Å². The number of para-hydroxylation sites is 1. The highest BCUT2D eigenvalue weighted by Crippen LogP contribution is 2.30. The van der Waals surface area contributed by atoms with Crippen LogP contribution in [0, 0.1) is 5.82 Å². The molecule has 1 saturated heterocycles. The summed E-state index contributed by atoms with van der Waals surface area (Å²) in [6, 6.07) is 14.2. The third kappa shape index (κ3) is 3.94. The first-order chi connectivity index (χ1) is 11.6. The summed E-state index contributed by atoms with van der Waals surface area (Å²) in [5.74, 6) is -0.668. The van der Waals surface area contributed by atoms with Crippen LogP contribution in [-0.4, -0.2) is 36.5 Å². The van der Waals surface area contributed by atoms with E-state index in [1.807, 2.05) is 30.3 Å². The number of carbonyl (C=O) groups excluding carboxylic acids is 1. The molecule has 0 aromatic heterocycles. The maximum Gasteiger partial charge on any atom is 0.257 e. The molecule has 2 aromatic rings. The van der Waals surface area contributed by atoms with Crippen LogP contribution in [0.4, 0.5) is 4.39 Å². The van der Waals surface area contributed by atoms with Crippen molar-refractivity contribution in [3.8, 4) is 5.75 Å². The van der Waals surface area contributed by atoms with Gasteiger partial charge in [-0.15, -0.1) is 12.4 Å². The highest BCUT2D eigenvalue weighted by molar-refractivity contribution is 5.97. The molecule has 0 bridgehead atoms. The number of amides is 1. The molecule has 0 unspecified atom stereocenters. The molecule has 1 fully saturated rings. The van der Waals surface area contributed by atoms with E-state index in [9.17, 15) is 9.18 Å². The summed E-state index contributed by atoms with van der Waals surface area (Å²) in [5, 5.41) is 0. The predicted octanol–water partition coefficient (Wildman–Crippen LogP) is 3.21. The standard InChI is InChI=1S/C19H21FN2O2.ClH/c1-2-24-18-14(9-6-10-16(18)20)19(23)22-11-15(17(21)12-22)13-7-4-3-5-8-13;/h3-10,15,17H,2,11-12,21H2,1H3;1H/t15-,17+;/m0./s1. The number of nitrogens with zero attached hydrogens (tertiary/aromatic N) is 1. The van der Waals surface area contributed by atoms with E-state index >= 15 is 0 Å². The van der Waals surface area contributed by atoms with Gasteiger partial charge in [0.25, 0.3) is 5.91 Å². The van der Waals surface area contributed by atoms with Gasteiger partial charge in [0.1, 0.15) is 0 Å². The van der Waals surface area contributed by atoms with Gasteiger partial charge in [0.2, 0.25) is 0 Å². The molecule has 1 heterocycles. The van der Waals surface area contributed by atoms with Crippen LogP contribution in [0.1, 0.15) is 28.8 Å². The first kappa shape index (κ1) is 19.2. The van der Waals surface area contributed by atoms with Crippen molar-refractivity contribution in [1.29, 1.82) is 0 Å². The minimum absolute atomic E-state index is 0. The first-order valence-corrected chi connectivity index (χ1v) is 8.13. The van der Waals surface area contributed by atoms with Crippen LogP contribution in [0.2, 0.25) is 0 Å². The van der Waals surface area contributed by atoms with Crippen LogP contribution in [0.5, 0.6) is 5.75 Å². The van der Waals surface area contributed by atoms with Gasteiger partial charge in [-0.2, -0.15) is 0 Å². The topological polar surface area (TPSA) is 55.6 Å². The fourth-order valence-corrected chi connectivity index (χ4v) is 3.19. The molecule has 2 aromatic carbocycles. The van der Waals surface area contributed by atoms with E-state index in [-0.39, 0.29) is 41.6 Å². The lowest BCUT2D eigenvalue weighted by molar-refractivity contribution is 0.0784. The number of rotatable bonds is 4. The van der Waals surface area contributed by atoms with E-state index in [0.29, 0.717) is 19.7 Å². The van der Waals surface area contributed by atoms with Gasteiger partial charge >= 0.3 is 0 Å². The van der Waals surface area contributed by atoms with Crippen molar-refractivity contribution in [2.75, 3.05) is 19.7 Å². The predicted molar refractivity (Wildman–Crippen MR) is 97.9 cm³/mol. The highest BCUT2D eigenvalue weighted by atomic mass is 35.5. The van der Waals surface area contributed by atoms with E-state index in [4.69, 9.17) is 10.5 Å². The van der Waals surface area contributed by atoms with Crippen LogP contribution < -0.4 is 10.5 Å². The molecule has 2 N–H and O–H groups in total. The number of benzene rings is 2. The molecular formula is C19H22ClFN2O2. The lowest BCUT2D eigenvalue weighted by atomic mass is 9.95. The Kier molecular flexibility index (Phi) is 6.39. The Balaban J connectivity index is 0.00000225. The van der Waals surface area contributed by atoms with E-state index in [0.717, 1.165) is 5.56 Å². The fourth-order valence-electron chi connectivity index (χ4n) is 3.19. The molecule has 4 nitrogen and oxygen atoms in total. The van der Waals surface area contributed by atoms with Crippen molar-refractivity contribution in [3.63, 3.8) is 0 Å². The minimum atomic E-state index is -0.522. The maximum absolute atomic E-state index is 14.0. The minimum Gasteiger partial charge on any atom is -0.490 e. The molecule has 2 atom stereocenters. The summed E-state index contributed by atoms with van der Waals surface area (Å²) in [7, 11) is 0. The van der Waals surface area contributed by atoms with Gasteiger partial charge in [-0.3, -0.25) is 4.79 Å². The summed E-state index contributed by atoms with van der Waals surface area (Å²) in [4.78, 5) is 14.5. The molecule has 0 aliphatic carbocycles. The van der Waals surface area contributed by atoms with Gasteiger partial charge in [-0.05, 0) is 24.6 Å². The lowest BCUT2D eigenvalue weighted by Gasteiger charge is -2.18. The number of halogens is 2. The SMILES string of the molecule is CCOc1c(F)cccc1C(=O)N1C[C@@H](N)[C@H](c2ccccc2)C1.Cl. The van der Waals surface area contributed by atoms with Gasteiger partial charge in [0.05, 0.1) is 12.2 Å². The normalized spacial score (nSPS) is 19.4. The Bertz CT molecular complexity index is 727. The Morgan fingerprint density at radius 3 is 2.60 bits per heavy atom. The third-order valence-electron chi connectivity index (χ3n) is 4.37. The molecule has 1 amide bonds. The van der Waals surface area contributed by atoms with Gasteiger partial charge in [-0.1, -0.05) is 36.4 Å². The zero-order valence-corrected chi connectivity index (χ0v) is 14.8. The summed E-state index contributed by atoms with van der Waals surface area (Å²) in [5.41, 5.74) is 7.61. The number of carbonyl (C=O) groups is 1. The quantitative estimate of drug-likeness (QED) is 0.906. The second kappa shape index (κ2) is 8.32. The summed E-state index contributed by atoms with van der Waals surface area (Å²) >= 11 is 0. The number of hydrogen-bond donors (Lipinski definition) is 1. The summed E-state index contributed by atoms with van der Waals surface area (Å²) < 4.78 is 19.3. The van der Waals surface area contributed by atoms with Crippen molar-refractivity contribution in [2.24, 2.45) is 5.73 Å². The monoisotopic (exact) mass is 364 g/mol. The van der Waals surface area contributed by atoms with Crippen LogP contribution in [-0.2, 0) is 0 Å². The second-order valence-corrected chi connectivity index (χ2v) is 5.94. The van der Waals surface area contributed by atoms with E-state index in [2.05, 4.69) is 0 Å². The fraction of sp³-hybridized carbons (Fsp3) is 0.316. The van der Waals surface area contributed by atoms with Crippen LogP contribution in [0.25, 0.3) is 0 Å². The van der Waals surface area contributed by atoms with Gasteiger partial charge in [0, 0.05) is 25.0 Å². The van der Waals surface area contributed by atoms with E-state index in [1.165, 1.54) is 12.1 Å². The maximum atomic E-state index is 14.0. The average molecular weight is 365 g/mol. The van der Waals surface area contributed by atoms with Crippen LogP contribution in [0.3, 0.4) is 0 Å². The first-order valence-electron chi connectivity index (χ1n) is 8.13. The Hall–Kier alpha value is -2.11. The number of ether oxygens (including phenoxy) is 1. The molecule has 1 aliphatic rings. The van der Waals surface area contributed by atoms with E-state index < -0.39 is 5.82 Å². The molecule has 134 valence electrons. The number of nitrogens with two attached hydrogens (primary N) is 1. The van der Waals surface area contributed by atoms with Crippen LogP contribution >= 0.6 is 12.4 Å². The molecule has 0 saturated carbocycles. The molecule has 1 aliphatic heterocycles. The van der Waals surface area contributed by atoms with Gasteiger partial charge < -0.3 is 15.4 Å². The Morgan fingerprint density at radius 2 is 1.92 bits per heavy atom. The van der Waals surface area contributed by atoms with Crippen molar-refractivity contribution in [3.05, 3.63) is 65.5 Å².